The van der Waals surface area contributed by atoms with Crippen LogP contribution in [-0.2, 0) is 4.74 Å². The van der Waals surface area contributed by atoms with Gasteiger partial charge in [-0.2, -0.15) is 8.78 Å². The van der Waals surface area contributed by atoms with Crippen molar-refractivity contribution in [3.05, 3.63) is 35.3 Å². The maximum atomic E-state index is 12.3. The Morgan fingerprint density at radius 2 is 2.11 bits per heavy atom. The summed E-state index contributed by atoms with van der Waals surface area (Å²) in [5, 5.41) is 1.91. The van der Waals surface area contributed by atoms with Crippen molar-refractivity contribution in [2.45, 2.75) is 6.61 Å². The quantitative estimate of drug-likeness (QED) is 0.809. The number of methoxy groups -OCH3 is 1. The van der Waals surface area contributed by atoms with Crippen molar-refractivity contribution in [3.63, 3.8) is 0 Å². The van der Waals surface area contributed by atoms with Gasteiger partial charge in [-0.3, -0.25) is 0 Å². The number of carbonyl (C=O) groups is 1. The van der Waals surface area contributed by atoms with Crippen LogP contribution in [0.2, 0.25) is 0 Å². The molecule has 4 nitrogen and oxygen atoms in total. The number of benzene rings is 1. The van der Waals surface area contributed by atoms with E-state index in [0.29, 0.717) is 10.6 Å². The minimum absolute atomic E-state index is 0.0169. The van der Waals surface area contributed by atoms with E-state index in [2.05, 4.69) is 14.5 Å². The van der Waals surface area contributed by atoms with Crippen LogP contribution in [0.5, 0.6) is 5.75 Å². The third kappa shape index (κ3) is 3.05. The van der Waals surface area contributed by atoms with Gasteiger partial charge in [0.05, 0.1) is 12.7 Å². The molecule has 100 valence electrons. The molecular weight excluding hydrogens is 276 g/mol. The molecule has 0 aliphatic rings. The standard InChI is InChI=1S/C12H9F2NO3S/c1-17-11(16)8-6-19-10(15-8)7-4-2-3-5-9(7)18-12(13)14/h2-6,12H,1H3. The van der Waals surface area contributed by atoms with Crippen LogP contribution in [0, 0.1) is 0 Å². The molecule has 0 radical (unpaired) electrons. The van der Waals surface area contributed by atoms with Gasteiger partial charge in [0.1, 0.15) is 10.8 Å². The van der Waals surface area contributed by atoms with E-state index in [-0.39, 0.29) is 11.4 Å². The second-order valence-corrected chi connectivity index (χ2v) is 4.26. The highest BCUT2D eigenvalue weighted by Crippen LogP contribution is 2.33. The minimum Gasteiger partial charge on any atom is -0.464 e. The Morgan fingerprint density at radius 3 is 2.79 bits per heavy atom. The molecule has 7 heteroatoms. The van der Waals surface area contributed by atoms with Gasteiger partial charge < -0.3 is 9.47 Å². The van der Waals surface area contributed by atoms with Crippen molar-refractivity contribution in [1.29, 1.82) is 0 Å². The zero-order valence-corrected chi connectivity index (χ0v) is 10.6. The van der Waals surface area contributed by atoms with Gasteiger partial charge >= 0.3 is 12.6 Å². The summed E-state index contributed by atoms with van der Waals surface area (Å²) in [4.78, 5) is 15.3. The summed E-state index contributed by atoms with van der Waals surface area (Å²) in [7, 11) is 1.25. The first kappa shape index (κ1) is 13.4. The molecule has 0 aliphatic heterocycles. The van der Waals surface area contributed by atoms with Gasteiger partial charge in [0.25, 0.3) is 0 Å². The smallest absolute Gasteiger partial charge is 0.387 e. The third-order valence-corrected chi connectivity index (χ3v) is 3.11. The highest BCUT2D eigenvalue weighted by Gasteiger charge is 2.16. The summed E-state index contributed by atoms with van der Waals surface area (Å²) in [6.07, 6.45) is 0. The van der Waals surface area contributed by atoms with Crippen LogP contribution in [0.25, 0.3) is 10.6 Å². The number of nitrogens with zero attached hydrogens (tertiary/aromatic N) is 1. The van der Waals surface area contributed by atoms with E-state index < -0.39 is 12.6 Å². The van der Waals surface area contributed by atoms with Gasteiger partial charge in [0, 0.05) is 5.38 Å². The zero-order chi connectivity index (χ0) is 13.8. The number of alkyl halides is 2. The number of hydrogen-bond acceptors (Lipinski definition) is 5. The van der Waals surface area contributed by atoms with Crippen LogP contribution in [0.15, 0.2) is 29.6 Å². The topological polar surface area (TPSA) is 48.4 Å². The number of thiazole rings is 1. The van der Waals surface area contributed by atoms with Crippen LogP contribution in [0.4, 0.5) is 8.78 Å². The number of halogens is 2. The molecule has 19 heavy (non-hydrogen) atoms. The molecular formula is C12H9F2NO3S. The second kappa shape index (κ2) is 5.75. The third-order valence-electron chi connectivity index (χ3n) is 2.23. The fourth-order valence-corrected chi connectivity index (χ4v) is 2.26. The highest BCUT2D eigenvalue weighted by molar-refractivity contribution is 7.13. The van der Waals surface area contributed by atoms with E-state index in [0.717, 1.165) is 11.3 Å². The Kier molecular flexibility index (Phi) is 4.06. The lowest BCUT2D eigenvalue weighted by molar-refractivity contribution is -0.0494. The number of rotatable bonds is 4. The van der Waals surface area contributed by atoms with Crippen LogP contribution in [-0.4, -0.2) is 24.7 Å². The van der Waals surface area contributed by atoms with Gasteiger partial charge in [-0.1, -0.05) is 12.1 Å². The second-order valence-electron chi connectivity index (χ2n) is 3.40. The Morgan fingerprint density at radius 1 is 1.37 bits per heavy atom. The van der Waals surface area contributed by atoms with Crippen LogP contribution < -0.4 is 4.74 Å². The average molecular weight is 285 g/mol. The zero-order valence-electron chi connectivity index (χ0n) is 9.80. The van der Waals surface area contributed by atoms with Crippen LogP contribution in [0.3, 0.4) is 0 Å². The molecule has 0 saturated heterocycles. The summed E-state index contributed by atoms with van der Waals surface area (Å²) in [5.74, 6) is -0.557. The molecule has 0 saturated carbocycles. The molecule has 0 fully saturated rings. The predicted molar refractivity (Wildman–Crippen MR) is 65.5 cm³/mol. The maximum absolute atomic E-state index is 12.3. The fraction of sp³-hybridized carbons (Fsp3) is 0.167. The Balaban J connectivity index is 2.36. The summed E-state index contributed by atoms with van der Waals surface area (Å²) < 4.78 is 33.5. The molecule has 2 aromatic rings. The first-order valence-electron chi connectivity index (χ1n) is 5.20. The van der Waals surface area contributed by atoms with E-state index >= 15 is 0 Å². The van der Waals surface area contributed by atoms with E-state index in [9.17, 15) is 13.6 Å². The molecule has 0 aliphatic carbocycles. The molecule has 2 rings (SSSR count). The lowest BCUT2D eigenvalue weighted by Gasteiger charge is -2.08. The van der Waals surface area contributed by atoms with E-state index in [4.69, 9.17) is 0 Å². The molecule has 0 spiro atoms. The molecule has 0 amide bonds. The van der Waals surface area contributed by atoms with Crippen molar-refractivity contribution in [1.82, 2.24) is 4.98 Å². The van der Waals surface area contributed by atoms with Crippen molar-refractivity contribution >= 4 is 17.3 Å². The molecule has 0 N–H and O–H groups in total. The van der Waals surface area contributed by atoms with Gasteiger partial charge in [0.15, 0.2) is 5.69 Å². The number of hydrogen-bond donors (Lipinski definition) is 0. The number of para-hydroxylation sites is 1. The minimum atomic E-state index is -2.92. The van der Waals surface area contributed by atoms with Gasteiger partial charge in [-0.15, -0.1) is 11.3 Å². The molecule has 1 aromatic heterocycles. The summed E-state index contributed by atoms with van der Waals surface area (Å²) in [5.41, 5.74) is 0.539. The number of aromatic nitrogens is 1. The monoisotopic (exact) mass is 285 g/mol. The molecule has 1 heterocycles. The molecule has 0 atom stereocenters. The maximum Gasteiger partial charge on any atom is 0.387 e. The Labute approximate surface area is 111 Å². The highest BCUT2D eigenvalue weighted by atomic mass is 32.1. The predicted octanol–water partition coefficient (Wildman–Crippen LogP) is 3.20. The molecule has 1 aromatic carbocycles. The summed E-state index contributed by atoms with van der Waals surface area (Å²) in [6, 6.07) is 6.27. The van der Waals surface area contributed by atoms with Crippen molar-refractivity contribution in [2.75, 3.05) is 7.11 Å². The fourth-order valence-electron chi connectivity index (χ4n) is 1.44. The first-order chi connectivity index (χ1) is 9.11. The number of ether oxygens (including phenoxy) is 2. The number of esters is 1. The Bertz CT molecular complexity index is 586. The summed E-state index contributed by atoms with van der Waals surface area (Å²) in [6.45, 7) is -2.92. The Hall–Kier alpha value is -2.02. The molecule has 0 unspecified atom stereocenters. The van der Waals surface area contributed by atoms with Crippen LogP contribution in [0.1, 0.15) is 10.5 Å². The van der Waals surface area contributed by atoms with Crippen molar-refractivity contribution in [2.24, 2.45) is 0 Å². The van der Waals surface area contributed by atoms with E-state index in [1.165, 1.54) is 18.6 Å². The first-order valence-corrected chi connectivity index (χ1v) is 6.08. The van der Waals surface area contributed by atoms with Gasteiger partial charge in [0.2, 0.25) is 0 Å². The largest absolute Gasteiger partial charge is 0.464 e. The van der Waals surface area contributed by atoms with E-state index in [1.807, 2.05) is 0 Å². The van der Waals surface area contributed by atoms with E-state index in [1.54, 1.807) is 18.2 Å². The normalized spacial score (nSPS) is 10.5. The van der Waals surface area contributed by atoms with Crippen LogP contribution >= 0.6 is 11.3 Å². The van der Waals surface area contributed by atoms with Crippen molar-refractivity contribution in [3.8, 4) is 16.3 Å². The lowest BCUT2D eigenvalue weighted by atomic mass is 10.2. The molecule has 0 bridgehead atoms. The summed E-state index contributed by atoms with van der Waals surface area (Å²) >= 11 is 1.15. The average Bonchev–Trinajstić information content (AvgIpc) is 2.87. The van der Waals surface area contributed by atoms with Crippen molar-refractivity contribution < 1.29 is 23.0 Å². The van der Waals surface area contributed by atoms with Gasteiger partial charge in [-0.25, -0.2) is 9.78 Å². The SMILES string of the molecule is COC(=O)c1csc(-c2ccccc2OC(F)F)n1. The lowest BCUT2D eigenvalue weighted by Crippen LogP contribution is -2.03. The number of carbonyl (C=O) groups excluding carboxylic acids is 1. The van der Waals surface area contributed by atoms with Gasteiger partial charge in [-0.05, 0) is 12.1 Å².